The molecule has 284 valence electrons. The molecule has 57 heavy (non-hydrogen) atoms. The highest BCUT2D eigenvalue weighted by Crippen LogP contribution is 2.34. The molecule has 0 unspecified atom stereocenters. The van der Waals surface area contributed by atoms with Crippen LogP contribution < -0.4 is 10.6 Å². The van der Waals surface area contributed by atoms with Gasteiger partial charge in [-0.3, -0.25) is 29.8 Å². The number of carbonyl (C=O) groups excluding carboxylic acids is 2. The third-order valence-corrected chi connectivity index (χ3v) is 11.2. The summed E-state index contributed by atoms with van der Waals surface area (Å²) in [5, 5.41) is 22.2. The molecule has 0 bridgehead atoms. The van der Waals surface area contributed by atoms with E-state index in [4.69, 9.17) is 0 Å². The van der Waals surface area contributed by atoms with Gasteiger partial charge in [-0.25, -0.2) is 0 Å². The van der Waals surface area contributed by atoms with E-state index in [1.54, 1.807) is 56.1 Å². The van der Waals surface area contributed by atoms with Gasteiger partial charge in [0.2, 0.25) is 0 Å². The van der Waals surface area contributed by atoms with Gasteiger partial charge < -0.3 is 10.6 Å². The molecule has 8 aromatic rings. The molecule has 0 aliphatic heterocycles. The number of amides is 2. The fraction of sp³-hybridized carbons (Fsp3) is 0.0455. The number of hydrogen-bond acceptors (Lipinski definition) is 8. The highest BCUT2D eigenvalue weighted by molar-refractivity contribution is 14.1. The van der Waals surface area contributed by atoms with Crippen LogP contribution in [0.4, 0.5) is 0 Å². The van der Waals surface area contributed by atoms with Crippen molar-refractivity contribution in [1.82, 2.24) is 41.0 Å². The Labute approximate surface area is 352 Å². The molecule has 0 saturated carbocycles. The van der Waals surface area contributed by atoms with Crippen molar-refractivity contribution in [2.75, 3.05) is 14.1 Å². The maximum atomic E-state index is 12.1. The van der Waals surface area contributed by atoms with E-state index in [-0.39, 0.29) is 11.8 Å². The Morgan fingerprint density at radius 3 is 1.77 bits per heavy atom. The number of rotatable bonds is 9. The molecule has 4 aromatic carbocycles. The van der Waals surface area contributed by atoms with Crippen molar-refractivity contribution >= 4 is 98.0 Å². The number of pyridine rings is 2. The lowest BCUT2D eigenvalue weighted by atomic mass is 10.2. The lowest BCUT2D eigenvalue weighted by molar-refractivity contribution is 0.0952. The first-order valence-corrected chi connectivity index (χ1v) is 20.3. The molecular formula is C44H37IN8O2S2. The van der Waals surface area contributed by atoms with Crippen molar-refractivity contribution < 1.29 is 9.59 Å². The van der Waals surface area contributed by atoms with Crippen LogP contribution in [0.2, 0.25) is 0 Å². The highest BCUT2D eigenvalue weighted by Gasteiger charge is 2.13. The van der Waals surface area contributed by atoms with E-state index in [0.717, 1.165) is 62.2 Å². The van der Waals surface area contributed by atoms with Gasteiger partial charge in [-0.05, 0) is 126 Å². The summed E-state index contributed by atoms with van der Waals surface area (Å²) in [7, 11) is 3.28. The SMILES string of the molecule is C=Cc1ccccn1.CNC(=O)c1ccccc1Sc1ccc2c(/C=C/c3ccccn3)n[nH]c2c1.CNC(=O)c1ccccc1Sc1ccc2c(I)[nH]nc2c1. The van der Waals surface area contributed by atoms with Gasteiger partial charge in [-0.1, -0.05) is 66.5 Å². The molecule has 0 saturated heterocycles. The lowest BCUT2D eigenvalue weighted by Gasteiger charge is -2.08. The third kappa shape index (κ3) is 10.8. The summed E-state index contributed by atoms with van der Waals surface area (Å²) in [4.78, 5) is 36.2. The summed E-state index contributed by atoms with van der Waals surface area (Å²) in [5.41, 5.74) is 5.90. The minimum atomic E-state index is -0.0901. The molecule has 0 spiro atoms. The number of halogens is 1. The molecule has 2 amide bonds. The van der Waals surface area contributed by atoms with Gasteiger partial charge in [0.05, 0.1) is 39.2 Å². The van der Waals surface area contributed by atoms with E-state index in [2.05, 4.69) is 70.2 Å². The van der Waals surface area contributed by atoms with Crippen LogP contribution in [0.5, 0.6) is 0 Å². The normalized spacial score (nSPS) is 10.6. The van der Waals surface area contributed by atoms with E-state index in [1.165, 1.54) is 0 Å². The van der Waals surface area contributed by atoms with Crippen molar-refractivity contribution in [2.45, 2.75) is 19.6 Å². The van der Waals surface area contributed by atoms with Crippen molar-refractivity contribution in [2.24, 2.45) is 0 Å². The quantitative estimate of drug-likeness (QED) is 0.105. The molecule has 0 radical (unpaired) electrons. The average Bonchev–Trinajstić information content (AvgIpc) is 3.85. The molecule has 4 aromatic heterocycles. The Hall–Kier alpha value is -6.03. The summed E-state index contributed by atoms with van der Waals surface area (Å²) in [5.74, 6) is -0.166. The maximum absolute atomic E-state index is 12.1. The number of carbonyl (C=O) groups is 2. The second-order valence-electron chi connectivity index (χ2n) is 11.9. The number of nitrogens with one attached hydrogen (secondary N) is 4. The van der Waals surface area contributed by atoms with Gasteiger partial charge in [-0.2, -0.15) is 10.2 Å². The van der Waals surface area contributed by atoms with Gasteiger partial charge in [-0.15, -0.1) is 0 Å². The van der Waals surface area contributed by atoms with E-state index in [9.17, 15) is 9.59 Å². The molecule has 8 rings (SSSR count). The Morgan fingerprint density at radius 1 is 0.649 bits per heavy atom. The molecule has 0 atom stereocenters. The molecule has 4 heterocycles. The maximum Gasteiger partial charge on any atom is 0.252 e. The van der Waals surface area contributed by atoms with Gasteiger partial charge in [0.25, 0.3) is 11.8 Å². The number of benzene rings is 4. The second-order valence-corrected chi connectivity index (χ2v) is 15.2. The highest BCUT2D eigenvalue weighted by atomic mass is 127. The number of hydrogen-bond donors (Lipinski definition) is 4. The van der Waals surface area contributed by atoms with Crippen LogP contribution in [-0.2, 0) is 0 Å². The van der Waals surface area contributed by atoms with Crippen molar-refractivity contribution in [3.63, 3.8) is 0 Å². The van der Waals surface area contributed by atoms with Crippen LogP contribution in [0.25, 0.3) is 40.0 Å². The Bertz CT molecular complexity index is 2650. The Morgan fingerprint density at radius 2 is 1.21 bits per heavy atom. The smallest absolute Gasteiger partial charge is 0.252 e. The fourth-order valence-electron chi connectivity index (χ4n) is 5.38. The zero-order valence-corrected chi connectivity index (χ0v) is 34.7. The lowest BCUT2D eigenvalue weighted by Crippen LogP contribution is -2.18. The van der Waals surface area contributed by atoms with Crippen LogP contribution in [0.15, 0.2) is 160 Å². The van der Waals surface area contributed by atoms with Gasteiger partial charge >= 0.3 is 0 Å². The largest absolute Gasteiger partial charge is 0.355 e. The first-order valence-electron chi connectivity index (χ1n) is 17.6. The number of aromatic amines is 2. The predicted molar refractivity (Wildman–Crippen MR) is 240 cm³/mol. The summed E-state index contributed by atoms with van der Waals surface area (Å²) in [6.07, 6.45) is 9.13. The summed E-state index contributed by atoms with van der Waals surface area (Å²) in [6, 6.07) is 38.9. The molecule has 13 heteroatoms. The summed E-state index contributed by atoms with van der Waals surface area (Å²) in [6.45, 7) is 3.57. The van der Waals surface area contributed by atoms with Crippen molar-refractivity contribution in [3.05, 3.63) is 172 Å². The van der Waals surface area contributed by atoms with E-state index in [0.29, 0.717) is 11.1 Å². The number of aromatic nitrogens is 6. The first-order chi connectivity index (χ1) is 27.9. The van der Waals surface area contributed by atoms with E-state index >= 15 is 0 Å². The van der Waals surface area contributed by atoms with Gasteiger partial charge in [0, 0.05) is 56.8 Å². The predicted octanol–water partition coefficient (Wildman–Crippen LogP) is 10.0. The van der Waals surface area contributed by atoms with Crippen LogP contribution in [-0.4, -0.2) is 56.3 Å². The molecule has 4 N–H and O–H groups in total. The Balaban J connectivity index is 0.000000166. The number of fused-ring (bicyclic) bond motifs is 2. The summed E-state index contributed by atoms with van der Waals surface area (Å²) >= 11 is 5.35. The van der Waals surface area contributed by atoms with Gasteiger partial charge in [0.1, 0.15) is 3.70 Å². The minimum Gasteiger partial charge on any atom is -0.355 e. The number of nitrogens with zero attached hydrogens (tertiary/aromatic N) is 4. The topological polar surface area (TPSA) is 141 Å². The van der Waals surface area contributed by atoms with Gasteiger partial charge in [0.15, 0.2) is 0 Å². The zero-order valence-electron chi connectivity index (χ0n) is 30.9. The molecule has 0 aliphatic rings. The minimum absolute atomic E-state index is 0.0755. The molecule has 10 nitrogen and oxygen atoms in total. The number of H-pyrrole nitrogens is 2. The fourth-order valence-corrected chi connectivity index (χ4v) is 7.92. The zero-order chi connectivity index (χ0) is 40.0. The second kappa shape index (κ2) is 20.2. The van der Waals surface area contributed by atoms with Crippen LogP contribution >= 0.6 is 46.1 Å². The first kappa shape index (κ1) is 40.6. The van der Waals surface area contributed by atoms with Crippen LogP contribution in [0.1, 0.15) is 37.8 Å². The van der Waals surface area contributed by atoms with Crippen LogP contribution in [0.3, 0.4) is 0 Å². The van der Waals surface area contributed by atoms with E-state index in [1.807, 2.05) is 133 Å². The standard InChI is InChI=1S/C22H18N4OS.C15H12IN3OS.C7H7N/c1-23-22(27)18-7-2-3-8-21(18)28-16-10-11-17-19(25-26-20(17)14-16)12-9-15-6-4-5-13-24-15;1-17-15(20)11-4-2-3-5-13(11)21-9-6-7-10-12(8-9)18-19-14(10)16;1-2-7-5-3-4-6-8-7/h2-14H,1H3,(H,23,27)(H,25,26);2-8H,1H3,(H,17,20)(H,18,19);2-6H,1H2/b12-9+;;. The molecule has 0 aliphatic carbocycles. The Kier molecular flexibility index (Phi) is 14.4. The summed E-state index contributed by atoms with van der Waals surface area (Å²) < 4.78 is 1.03. The van der Waals surface area contributed by atoms with Crippen molar-refractivity contribution in [3.8, 4) is 0 Å². The molecule has 0 fully saturated rings. The molecular weight excluding hydrogens is 864 g/mol. The monoisotopic (exact) mass is 900 g/mol. The van der Waals surface area contributed by atoms with Crippen molar-refractivity contribution in [1.29, 1.82) is 0 Å². The van der Waals surface area contributed by atoms with E-state index < -0.39 is 0 Å². The average molecular weight is 901 g/mol. The van der Waals surface area contributed by atoms with Crippen LogP contribution in [0, 0.1) is 3.70 Å². The third-order valence-electron chi connectivity index (χ3n) is 8.21.